The quantitative estimate of drug-likeness (QED) is 0.757. The first kappa shape index (κ1) is 15.3. The number of hydrogen-bond acceptors (Lipinski definition) is 4. The zero-order valence-corrected chi connectivity index (χ0v) is 12.4. The Balaban J connectivity index is 2.43. The van der Waals surface area contributed by atoms with Crippen LogP contribution in [-0.2, 0) is 9.84 Å². The lowest BCUT2D eigenvalue weighted by Crippen LogP contribution is -2.33. The molecule has 0 aromatic carbocycles. The summed E-state index contributed by atoms with van der Waals surface area (Å²) in [4.78, 5) is 0. The lowest BCUT2D eigenvalue weighted by molar-refractivity contribution is 0.0834. The summed E-state index contributed by atoms with van der Waals surface area (Å²) in [5.74, 6) is 2.22. The molecule has 0 aromatic heterocycles. The van der Waals surface area contributed by atoms with E-state index in [0.29, 0.717) is 6.42 Å². The van der Waals surface area contributed by atoms with Gasteiger partial charge in [0.15, 0.2) is 0 Å². The Morgan fingerprint density at radius 1 is 1.41 bits per heavy atom. The molecule has 0 radical (unpaired) electrons. The van der Waals surface area contributed by atoms with Crippen molar-refractivity contribution in [3.05, 3.63) is 0 Å². The highest BCUT2D eigenvalue weighted by Gasteiger charge is 2.32. The van der Waals surface area contributed by atoms with Gasteiger partial charge in [-0.05, 0) is 43.1 Å². The lowest BCUT2D eigenvalue weighted by Gasteiger charge is -2.31. The van der Waals surface area contributed by atoms with E-state index in [0.717, 1.165) is 37.2 Å². The maximum Gasteiger partial charge on any atom is 0.150 e. The Hall–Kier alpha value is 0.260. The Morgan fingerprint density at radius 2 is 2.12 bits per heavy atom. The van der Waals surface area contributed by atoms with Crippen molar-refractivity contribution in [3.8, 4) is 0 Å². The average Bonchev–Trinajstić information content (AvgIpc) is 2.28. The van der Waals surface area contributed by atoms with Gasteiger partial charge in [-0.25, -0.2) is 8.42 Å². The number of rotatable bonds is 6. The molecule has 0 heterocycles. The monoisotopic (exact) mass is 280 g/mol. The molecule has 0 aliphatic heterocycles. The first-order valence-electron chi connectivity index (χ1n) is 6.39. The summed E-state index contributed by atoms with van der Waals surface area (Å²) in [6.07, 6.45) is 5.12. The van der Waals surface area contributed by atoms with Crippen LogP contribution in [0, 0.1) is 5.92 Å². The molecule has 3 atom stereocenters. The average molecular weight is 280 g/mol. The van der Waals surface area contributed by atoms with E-state index < -0.39 is 9.84 Å². The van der Waals surface area contributed by atoms with Gasteiger partial charge in [-0.1, -0.05) is 13.3 Å². The summed E-state index contributed by atoms with van der Waals surface area (Å²) >= 11 is 1.83. The zero-order valence-electron chi connectivity index (χ0n) is 10.8. The molecule has 1 rings (SSSR count). The van der Waals surface area contributed by atoms with Crippen molar-refractivity contribution < 1.29 is 13.5 Å². The topological polar surface area (TPSA) is 54.4 Å². The van der Waals surface area contributed by atoms with E-state index in [1.807, 2.05) is 11.8 Å². The molecule has 0 saturated heterocycles. The van der Waals surface area contributed by atoms with Crippen LogP contribution in [0.5, 0.6) is 0 Å². The van der Waals surface area contributed by atoms with Crippen LogP contribution in [0.2, 0.25) is 0 Å². The normalized spacial score (nSPS) is 27.9. The molecule has 1 saturated carbocycles. The van der Waals surface area contributed by atoms with Gasteiger partial charge in [0.2, 0.25) is 0 Å². The van der Waals surface area contributed by atoms with Gasteiger partial charge in [-0.3, -0.25) is 0 Å². The molecular formula is C12H24O3S2. The molecule has 3 unspecified atom stereocenters. The van der Waals surface area contributed by atoms with E-state index in [-0.39, 0.29) is 17.3 Å². The largest absolute Gasteiger partial charge is 0.393 e. The number of sulfone groups is 1. The Morgan fingerprint density at radius 3 is 2.71 bits per heavy atom. The third-order valence-corrected chi connectivity index (χ3v) is 6.15. The fraction of sp³-hybridized carbons (Fsp3) is 1.00. The van der Waals surface area contributed by atoms with Crippen molar-refractivity contribution in [3.63, 3.8) is 0 Å². The van der Waals surface area contributed by atoms with Crippen molar-refractivity contribution in [2.24, 2.45) is 5.92 Å². The highest BCUT2D eigenvalue weighted by molar-refractivity contribution is 7.99. The molecule has 0 bridgehead atoms. The second kappa shape index (κ2) is 7.00. The van der Waals surface area contributed by atoms with Gasteiger partial charge in [-0.15, -0.1) is 0 Å². The van der Waals surface area contributed by atoms with Crippen molar-refractivity contribution in [1.29, 1.82) is 0 Å². The van der Waals surface area contributed by atoms with Crippen LogP contribution in [0.1, 0.15) is 39.0 Å². The highest BCUT2D eigenvalue weighted by atomic mass is 32.2. The summed E-state index contributed by atoms with van der Waals surface area (Å²) in [5.41, 5.74) is 0. The van der Waals surface area contributed by atoms with Crippen LogP contribution in [0.15, 0.2) is 0 Å². The molecule has 1 aliphatic carbocycles. The number of hydrogen-bond donors (Lipinski definition) is 1. The summed E-state index contributed by atoms with van der Waals surface area (Å²) in [7, 11) is -2.93. The Kier molecular flexibility index (Phi) is 6.31. The van der Waals surface area contributed by atoms with E-state index in [1.54, 1.807) is 0 Å². The summed E-state index contributed by atoms with van der Waals surface area (Å²) in [6.45, 7) is 2.11. The summed E-state index contributed by atoms with van der Waals surface area (Å²) in [6, 6.07) is 0. The maximum atomic E-state index is 11.5. The second-order valence-electron chi connectivity index (χ2n) is 4.93. The SMILES string of the molecule is CCSCCC(O)C1CCCC(S(C)(=O)=O)C1. The summed E-state index contributed by atoms with van der Waals surface area (Å²) in [5, 5.41) is 9.85. The van der Waals surface area contributed by atoms with Crippen LogP contribution < -0.4 is 0 Å². The standard InChI is InChI=1S/C12H24O3S2/c1-3-16-8-7-12(13)10-5-4-6-11(9-10)17(2,14)15/h10-13H,3-9H2,1-2H3. The first-order valence-corrected chi connectivity index (χ1v) is 9.50. The predicted octanol–water partition coefficient (Wildman–Crippen LogP) is 2.09. The maximum absolute atomic E-state index is 11.5. The van der Waals surface area contributed by atoms with Crippen LogP contribution in [-0.4, -0.2) is 42.6 Å². The molecule has 17 heavy (non-hydrogen) atoms. The van der Waals surface area contributed by atoms with Crippen molar-refractivity contribution in [2.45, 2.75) is 50.4 Å². The Bertz CT molecular complexity index is 314. The van der Waals surface area contributed by atoms with E-state index in [4.69, 9.17) is 0 Å². The van der Waals surface area contributed by atoms with Gasteiger partial charge in [-0.2, -0.15) is 11.8 Å². The third kappa shape index (κ3) is 5.18. The minimum absolute atomic E-state index is 0.181. The molecule has 3 nitrogen and oxygen atoms in total. The number of thioether (sulfide) groups is 1. The molecule has 1 N–H and O–H groups in total. The minimum atomic E-state index is -2.93. The van der Waals surface area contributed by atoms with Gasteiger partial charge < -0.3 is 5.11 Å². The van der Waals surface area contributed by atoms with Crippen molar-refractivity contribution >= 4 is 21.6 Å². The smallest absolute Gasteiger partial charge is 0.150 e. The highest BCUT2D eigenvalue weighted by Crippen LogP contribution is 2.31. The minimum Gasteiger partial charge on any atom is -0.393 e. The molecule has 102 valence electrons. The van der Waals surface area contributed by atoms with Gasteiger partial charge in [0.05, 0.1) is 11.4 Å². The van der Waals surface area contributed by atoms with Crippen molar-refractivity contribution in [2.75, 3.05) is 17.8 Å². The molecule has 1 fully saturated rings. The van der Waals surface area contributed by atoms with Crippen LogP contribution >= 0.6 is 11.8 Å². The number of aliphatic hydroxyl groups is 1. The first-order chi connectivity index (χ1) is 7.95. The van der Waals surface area contributed by atoms with E-state index in [2.05, 4.69) is 6.92 Å². The zero-order chi connectivity index (χ0) is 12.9. The molecule has 0 spiro atoms. The van der Waals surface area contributed by atoms with Crippen LogP contribution in [0.3, 0.4) is 0 Å². The van der Waals surface area contributed by atoms with Gasteiger partial charge in [0.25, 0.3) is 0 Å². The fourth-order valence-corrected chi connectivity index (χ4v) is 4.39. The van der Waals surface area contributed by atoms with E-state index in [1.165, 1.54) is 6.26 Å². The fourth-order valence-electron chi connectivity index (χ4n) is 2.50. The lowest BCUT2D eigenvalue weighted by atomic mass is 9.84. The van der Waals surface area contributed by atoms with Gasteiger partial charge in [0, 0.05) is 6.26 Å². The summed E-state index contributed by atoms with van der Waals surface area (Å²) < 4.78 is 23.1. The van der Waals surface area contributed by atoms with Crippen LogP contribution in [0.25, 0.3) is 0 Å². The number of aliphatic hydroxyl groups excluding tert-OH is 1. The molecule has 0 aromatic rings. The Labute approximate surface area is 109 Å². The second-order valence-corrected chi connectivity index (χ2v) is 8.65. The van der Waals surface area contributed by atoms with Crippen molar-refractivity contribution in [1.82, 2.24) is 0 Å². The van der Waals surface area contributed by atoms with Gasteiger partial charge >= 0.3 is 0 Å². The van der Waals surface area contributed by atoms with E-state index in [9.17, 15) is 13.5 Å². The van der Waals surface area contributed by atoms with Crippen LogP contribution in [0.4, 0.5) is 0 Å². The molecular weight excluding hydrogens is 256 g/mol. The molecule has 5 heteroatoms. The van der Waals surface area contributed by atoms with E-state index >= 15 is 0 Å². The molecule has 0 amide bonds. The molecule has 1 aliphatic rings. The third-order valence-electron chi connectivity index (χ3n) is 3.58. The van der Waals surface area contributed by atoms with Gasteiger partial charge in [0.1, 0.15) is 9.84 Å². The predicted molar refractivity (Wildman–Crippen MR) is 74.2 cm³/mol.